The summed E-state index contributed by atoms with van der Waals surface area (Å²) in [5.74, 6) is 0.305. The highest BCUT2D eigenvalue weighted by atomic mass is 16.3. The van der Waals surface area contributed by atoms with E-state index in [2.05, 4.69) is 10.1 Å². The highest BCUT2D eigenvalue weighted by Crippen LogP contribution is 2.28. The standard InChI is InChI=1S/C12H16N4O2/c17-10(9-3-1-2-4-9)8-16-12(18)15-6-5-13-7-11(15)14-16/h5-7,9-10,17H,1-4,8H2. The van der Waals surface area contributed by atoms with Gasteiger partial charge in [0, 0.05) is 12.4 Å². The summed E-state index contributed by atoms with van der Waals surface area (Å²) in [6, 6.07) is 0. The van der Waals surface area contributed by atoms with Gasteiger partial charge in [-0.2, -0.15) is 0 Å². The number of nitrogens with zero attached hydrogens (tertiary/aromatic N) is 4. The molecule has 6 heteroatoms. The number of fused-ring (bicyclic) bond motifs is 1. The topological polar surface area (TPSA) is 72.4 Å². The fourth-order valence-corrected chi connectivity index (χ4v) is 2.67. The number of rotatable bonds is 3. The molecule has 96 valence electrons. The zero-order valence-electron chi connectivity index (χ0n) is 10.1. The van der Waals surface area contributed by atoms with Crippen molar-refractivity contribution in [2.45, 2.75) is 38.3 Å². The Bertz CT molecular complexity index is 597. The maximum atomic E-state index is 12.0. The second-order valence-corrected chi connectivity index (χ2v) is 4.88. The molecule has 0 amide bonds. The van der Waals surface area contributed by atoms with E-state index in [1.54, 1.807) is 18.6 Å². The first-order chi connectivity index (χ1) is 8.75. The molecule has 0 saturated heterocycles. The van der Waals surface area contributed by atoms with Gasteiger partial charge in [0.05, 0.1) is 18.8 Å². The molecule has 2 aromatic heterocycles. The molecular formula is C12H16N4O2. The average molecular weight is 248 g/mol. The lowest BCUT2D eigenvalue weighted by molar-refractivity contribution is 0.0883. The van der Waals surface area contributed by atoms with E-state index in [4.69, 9.17) is 0 Å². The SMILES string of the molecule is O=c1n(CC(O)C2CCCC2)nc2cnccn12. The minimum Gasteiger partial charge on any atom is -0.391 e. The molecule has 0 spiro atoms. The Morgan fingerprint density at radius 3 is 2.94 bits per heavy atom. The van der Waals surface area contributed by atoms with Crippen LogP contribution in [-0.2, 0) is 6.54 Å². The molecule has 1 N–H and O–H groups in total. The van der Waals surface area contributed by atoms with E-state index in [0.29, 0.717) is 11.6 Å². The van der Waals surface area contributed by atoms with E-state index in [1.807, 2.05) is 0 Å². The van der Waals surface area contributed by atoms with Gasteiger partial charge in [0.25, 0.3) is 0 Å². The van der Waals surface area contributed by atoms with Gasteiger partial charge in [-0.3, -0.25) is 4.98 Å². The molecular weight excluding hydrogens is 232 g/mol. The molecule has 0 aromatic carbocycles. The summed E-state index contributed by atoms with van der Waals surface area (Å²) in [6.07, 6.45) is 8.63. The van der Waals surface area contributed by atoms with Crippen LogP contribution in [0.15, 0.2) is 23.4 Å². The van der Waals surface area contributed by atoms with Gasteiger partial charge in [-0.25, -0.2) is 13.9 Å². The molecule has 2 heterocycles. The lowest BCUT2D eigenvalue weighted by Crippen LogP contribution is -2.30. The molecule has 1 saturated carbocycles. The predicted octanol–water partition coefficient (Wildman–Crippen LogP) is 0.442. The third kappa shape index (κ3) is 1.92. The second-order valence-electron chi connectivity index (χ2n) is 4.88. The van der Waals surface area contributed by atoms with Gasteiger partial charge in [-0.1, -0.05) is 12.8 Å². The van der Waals surface area contributed by atoms with Crippen LogP contribution >= 0.6 is 0 Å². The molecule has 0 bridgehead atoms. The monoisotopic (exact) mass is 248 g/mol. The summed E-state index contributed by atoms with van der Waals surface area (Å²) in [5, 5.41) is 14.3. The molecule has 6 nitrogen and oxygen atoms in total. The van der Waals surface area contributed by atoms with Crippen LogP contribution in [0.2, 0.25) is 0 Å². The summed E-state index contributed by atoms with van der Waals surface area (Å²) in [6.45, 7) is 0.269. The normalized spacial score (nSPS) is 18.5. The summed E-state index contributed by atoms with van der Waals surface area (Å²) < 4.78 is 2.77. The van der Waals surface area contributed by atoms with E-state index in [-0.39, 0.29) is 12.2 Å². The molecule has 0 aliphatic heterocycles. The zero-order valence-corrected chi connectivity index (χ0v) is 10.1. The van der Waals surface area contributed by atoms with E-state index < -0.39 is 6.10 Å². The maximum Gasteiger partial charge on any atom is 0.350 e. The molecule has 1 unspecified atom stereocenters. The fraction of sp³-hybridized carbons (Fsp3) is 0.583. The quantitative estimate of drug-likeness (QED) is 0.855. The Balaban J connectivity index is 1.86. The van der Waals surface area contributed by atoms with Gasteiger partial charge in [0.2, 0.25) is 0 Å². The van der Waals surface area contributed by atoms with Crippen molar-refractivity contribution in [2.75, 3.05) is 0 Å². The number of aliphatic hydroxyl groups excluding tert-OH is 1. The number of hydrogen-bond donors (Lipinski definition) is 1. The lowest BCUT2D eigenvalue weighted by atomic mass is 10.0. The van der Waals surface area contributed by atoms with Crippen LogP contribution in [0.1, 0.15) is 25.7 Å². The molecule has 1 atom stereocenters. The van der Waals surface area contributed by atoms with Crippen molar-refractivity contribution in [3.05, 3.63) is 29.1 Å². The maximum absolute atomic E-state index is 12.0. The van der Waals surface area contributed by atoms with Gasteiger partial charge in [-0.05, 0) is 18.8 Å². The highest BCUT2D eigenvalue weighted by molar-refractivity contribution is 5.31. The second kappa shape index (κ2) is 4.53. The van der Waals surface area contributed by atoms with Crippen molar-refractivity contribution in [1.29, 1.82) is 0 Å². The molecule has 3 rings (SSSR count). The van der Waals surface area contributed by atoms with Gasteiger partial charge in [-0.15, -0.1) is 5.10 Å². The van der Waals surface area contributed by atoms with E-state index in [9.17, 15) is 9.90 Å². The van der Waals surface area contributed by atoms with Crippen LogP contribution in [0, 0.1) is 5.92 Å². The first-order valence-corrected chi connectivity index (χ1v) is 6.33. The number of aliphatic hydroxyl groups is 1. The Kier molecular flexibility index (Phi) is 2.87. The van der Waals surface area contributed by atoms with Crippen LogP contribution in [-0.4, -0.2) is 30.4 Å². The molecule has 1 aliphatic carbocycles. The summed E-state index contributed by atoms with van der Waals surface area (Å²) >= 11 is 0. The lowest BCUT2D eigenvalue weighted by Gasteiger charge is -2.16. The van der Waals surface area contributed by atoms with E-state index in [1.165, 1.54) is 21.9 Å². The molecule has 2 aromatic rings. The minimum atomic E-state index is -0.483. The zero-order chi connectivity index (χ0) is 12.5. The first-order valence-electron chi connectivity index (χ1n) is 6.33. The van der Waals surface area contributed by atoms with Crippen LogP contribution in [0.25, 0.3) is 5.65 Å². The Morgan fingerprint density at radius 1 is 1.44 bits per heavy atom. The van der Waals surface area contributed by atoms with Gasteiger partial charge < -0.3 is 5.11 Å². The minimum absolute atomic E-state index is 0.218. The molecule has 1 aliphatic rings. The van der Waals surface area contributed by atoms with Crippen LogP contribution in [0.5, 0.6) is 0 Å². The van der Waals surface area contributed by atoms with Gasteiger partial charge in [0.15, 0.2) is 5.65 Å². The van der Waals surface area contributed by atoms with Crippen molar-refractivity contribution in [3.8, 4) is 0 Å². The Hall–Kier alpha value is -1.69. The largest absolute Gasteiger partial charge is 0.391 e. The van der Waals surface area contributed by atoms with Gasteiger partial charge in [0.1, 0.15) is 0 Å². The Morgan fingerprint density at radius 2 is 2.22 bits per heavy atom. The van der Waals surface area contributed by atoms with Crippen LogP contribution in [0.4, 0.5) is 0 Å². The summed E-state index contributed by atoms with van der Waals surface area (Å²) in [4.78, 5) is 15.9. The fourth-order valence-electron chi connectivity index (χ4n) is 2.67. The smallest absolute Gasteiger partial charge is 0.350 e. The highest BCUT2D eigenvalue weighted by Gasteiger charge is 2.24. The van der Waals surface area contributed by atoms with Crippen molar-refractivity contribution < 1.29 is 5.11 Å². The number of hydrogen-bond acceptors (Lipinski definition) is 4. The van der Waals surface area contributed by atoms with Crippen molar-refractivity contribution in [2.24, 2.45) is 5.92 Å². The summed E-state index contributed by atoms with van der Waals surface area (Å²) in [7, 11) is 0. The van der Waals surface area contributed by atoms with Crippen molar-refractivity contribution in [3.63, 3.8) is 0 Å². The van der Waals surface area contributed by atoms with E-state index >= 15 is 0 Å². The van der Waals surface area contributed by atoms with E-state index in [0.717, 1.165) is 12.8 Å². The molecule has 18 heavy (non-hydrogen) atoms. The predicted molar refractivity (Wildman–Crippen MR) is 65.2 cm³/mol. The Labute approximate surface area is 104 Å². The van der Waals surface area contributed by atoms with Crippen LogP contribution < -0.4 is 5.69 Å². The first kappa shape index (κ1) is 11.4. The summed E-state index contributed by atoms with van der Waals surface area (Å²) in [5.41, 5.74) is 0.297. The van der Waals surface area contributed by atoms with Crippen molar-refractivity contribution >= 4 is 5.65 Å². The van der Waals surface area contributed by atoms with Crippen molar-refractivity contribution in [1.82, 2.24) is 19.2 Å². The number of aromatic nitrogens is 4. The third-order valence-corrected chi connectivity index (χ3v) is 3.69. The van der Waals surface area contributed by atoms with Gasteiger partial charge >= 0.3 is 5.69 Å². The van der Waals surface area contributed by atoms with Crippen LogP contribution in [0.3, 0.4) is 0 Å². The molecule has 0 radical (unpaired) electrons. The molecule has 1 fully saturated rings. The average Bonchev–Trinajstić information content (AvgIpc) is 3.00. The third-order valence-electron chi connectivity index (χ3n) is 3.69.